The Balaban J connectivity index is 1.94. The van der Waals surface area contributed by atoms with Crippen molar-refractivity contribution in [2.75, 3.05) is 38.1 Å². The molecule has 2 heterocycles. The first-order chi connectivity index (χ1) is 9.63. The second kappa shape index (κ2) is 5.66. The van der Waals surface area contributed by atoms with E-state index in [4.69, 9.17) is 0 Å². The Bertz CT molecular complexity index is 632. The van der Waals surface area contributed by atoms with Crippen LogP contribution in [0.5, 0.6) is 0 Å². The Morgan fingerprint density at radius 1 is 1.15 bits per heavy atom. The molecule has 0 aliphatic carbocycles. The number of anilines is 1. The molecule has 1 aliphatic heterocycles. The molecule has 106 valence electrons. The zero-order valence-electron chi connectivity index (χ0n) is 11.4. The molecule has 0 spiro atoms. The van der Waals surface area contributed by atoms with Gasteiger partial charge in [-0.25, -0.2) is 9.37 Å². The van der Waals surface area contributed by atoms with Gasteiger partial charge in [-0.15, -0.1) is 0 Å². The van der Waals surface area contributed by atoms with Crippen molar-refractivity contribution >= 4 is 32.7 Å². The highest BCUT2D eigenvalue weighted by molar-refractivity contribution is 9.10. The van der Waals surface area contributed by atoms with Gasteiger partial charge in [-0.05, 0) is 54.1 Å². The van der Waals surface area contributed by atoms with Gasteiger partial charge >= 0.3 is 0 Å². The van der Waals surface area contributed by atoms with E-state index in [0.29, 0.717) is 9.99 Å². The summed E-state index contributed by atoms with van der Waals surface area (Å²) < 4.78 is 14.1. The van der Waals surface area contributed by atoms with Crippen molar-refractivity contribution in [2.24, 2.45) is 0 Å². The topological polar surface area (TPSA) is 19.4 Å². The standard InChI is InChI=1S/C15H17BrFN3/c1-19-5-2-6-20(8-7-19)15-4-3-11-9-12(16)13(17)10-14(11)18-15/h3-4,9-10H,2,5-8H2,1H3. The average Bonchev–Trinajstić information content (AvgIpc) is 2.64. The van der Waals surface area contributed by atoms with Gasteiger partial charge in [0.1, 0.15) is 11.6 Å². The second-order valence-electron chi connectivity index (χ2n) is 5.27. The lowest BCUT2D eigenvalue weighted by molar-refractivity contribution is 0.360. The molecule has 3 rings (SSSR count). The van der Waals surface area contributed by atoms with Gasteiger partial charge in [0.15, 0.2) is 0 Å². The van der Waals surface area contributed by atoms with Crippen LogP contribution in [0.3, 0.4) is 0 Å². The molecular weight excluding hydrogens is 321 g/mol. The normalized spacial score (nSPS) is 17.4. The fourth-order valence-electron chi connectivity index (χ4n) is 2.56. The molecule has 3 nitrogen and oxygen atoms in total. The number of hydrogen-bond acceptors (Lipinski definition) is 3. The summed E-state index contributed by atoms with van der Waals surface area (Å²) in [6.07, 6.45) is 1.13. The van der Waals surface area contributed by atoms with Crippen molar-refractivity contribution in [1.82, 2.24) is 9.88 Å². The van der Waals surface area contributed by atoms with Crippen LogP contribution < -0.4 is 4.90 Å². The van der Waals surface area contributed by atoms with Gasteiger partial charge in [0.25, 0.3) is 0 Å². The minimum absolute atomic E-state index is 0.266. The molecule has 1 aromatic carbocycles. The highest BCUT2D eigenvalue weighted by atomic mass is 79.9. The Kier molecular flexibility index (Phi) is 3.89. The number of fused-ring (bicyclic) bond motifs is 1. The highest BCUT2D eigenvalue weighted by Crippen LogP contribution is 2.24. The van der Waals surface area contributed by atoms with Crippen molar-refractivity contribution in [2.45, 2.75) is 6.42 Å². The number of likely N-dealkylation sites (N-methyl/N-ethyl adjacent to an activating group) is 1. The first-order valence-corrected chi connectivity index (χ1v) is 7.62. The summed E-state index contributed by atoms with van der Waals surface area (Å²) in [6, 6.07) is 7.30. The Morgan fingerprint density at radius 2 is 2.00 bits per heavy atom. The van der Waals surface area contributed by atoms with Gasteiger partial charge in [0.05, 0.1) is 9.99 Å². The van der Waals surface area contributed by atoms with Crippen LogP contribution in [0.25, 0.3) is 10.9 Å². The summed E-state index contributed by atoms with van der Waals surface area (Å²) in [5.74, 6) is 0.673. The van der Waals surface area contributed by atoms with Crippen molar-refractivity contribution in [3.8, 4) is 0 Å². The molecule has 1 fully saturated rings. The number of benzene rings is 1. The smallest absolute Gasteiger partial charge is 0.139 e. The van der Waals surface area contributed by atoms with Crippen LogP contribution in [-0.4, -0.2) is 43.1 Å². The lowest BCUT2D eigenvalue weighted by Crippen LogP contribution is -2.29. The molecular formula is C15H17BrFN3. The van der Waals surface area contributed by atoms with Crippen molar-refractivity contribution in [3.63, 3.8) is 0 Å². The second-order valence-corrected chi connectivity index (χ2v) is 6.13. The Hall–Kier alpha value is -1.20. The van der Waals surface area contributed by atoms with E-state index in [2.05, 4.69) is 37.8 Å². The summed E-state index contributed by atoms with van der Waals surface area (Å²) >= 11 is 3.21. The van der Waals surface area contributed by atoms with E-state index >= 15 is 0 Å². The van der Waals surface area contributed by atoms with Crippen LogP contribution in [0.1, 0.15) is 6.42 Å². The Labute approximate surface area is 126 Å². The highest BCUT2D eigenvalue weighted by Gasteiger charge is 2.14. The van der Waals surface area contributed by atoms with E-state index in [9.17, 15) is 4.39 Å². The van der Waals surface area contributed by atoms with Gasteiger partial charge in [0.2, 0.25) is 0 Å². The van der Waals surface area contributed by atoms with Crippen molar-refractivity contribution < 1.29 is 4.39 Å². The van der Waals surface area contributed by atoms with E-state index in [1.54, 1.807) is 6.07 Å². The number of pyridine rings is 1. The third-order valence-electron chi connectivity index (χ3n) is 3.76. The first kappa shape index (κ1) is 13.8. The molecule has 0 N–H and O–H groups in total. The molecule has 0 amide bonds. The lowest BCUT2D eigenvalue weighted by atomic mass is 10.2. The number of hydrogen-bond donors (Lipinski definition) is 0. The minimum atomic E-state index is -0.266. The van der Waals surface area contributed by atoms with Crippen LogP contribution >= 0.6 is 15.9 Å². The monoisotopic (exact) mass is 337 g/mol. The van der Waals surface area contributed by atoms with Crippen molar-refractivity contribution in [3.05, 3.63) is 34.6 Å². The molecule has 1 aromatic heterocycles. The van der Waals surface area contributed by atoms with Gasteiger partial charge in [0, 0.05) is 31.1 Å². The third kappa shape index (κ3) is 2.79. The summed E-state index contributed by atoms with van der Waals surface area (Å²) in [4.78, 5) is 9.23. The van der Waals surface area contributed by atoms with Gasteiger partial charge in [-0.3, -0.25) is 0 Å². The quantitative estimate of drug-likeness (QED) is 0.796. The SMILES string of the molecule is CN1CCCN(c2ccc3cc(Br)c(F)cc3n2)CC1. The number of rotatable bonds is 1. The summed E-state index contributed by atoms with van der Waals surface area (Å²) in [6.45, 7) is 4.12. The van der Waals surface area contributed by atoms with Crippen LogP contribution in [0.2, 0.25) is 0 Å². The predicted molar refractivity (Wildman–Crippen MR) is 83.7 cm³/mol. The molecule has 5 heteroatoms. The molecule has 0 radical (unpaired) electrons. The number of aromatic nitrogens is 1. The van der Waals surface area contributed by atoms with E-state index in [1.165, 1.54) is 6.07 Å². The maximum Gasteiger partial charge on any atom is 0.139 e. The average molecular weight is 338 g/mol. The fourth-order valence-corrected chi connectivity index (χ4v) is 2.92. The summed E-state index contributed by atoms with van der Waals surface area (Å²) in [7, 11) is 2.14. The molecule has 0 saturated carbocycles. The van der Waals surface area contributed by atoms with Gasteiger partial charge in [-0.2, -0.15) is 0 Å². The van der Waals surface area contributed by atoms with Crippen molar-refractivity contribution in [1.29, 1.82) is 0 Å². The Morgan fingerprint density at radius 3 is 2.85 bits per heavy atom. The maximum atomic E-state index is 13.6. The third-order valence-corrected chi connectivity index (χ3v) is 4.37. The number of halogens is 2. The maximum absolute atomic E-state index is 13.6. The zero-order valence-corrected chi connectivity index (χ0v) is 13.0. The molecule has 2 aromatic rings. The molecule has 1 saturated heterocycles. The van der Waals surface area contributed by atoms with E-state index in [0.717, 1.165) is 43.8 Å². The predicted octanol–water partition coefficient (Wildman–Crippen LogP) is 3.28. The number of nitrogens with zero attached hydrogens (tertiary/aromatic N) is 3. The van der Waals surface area contributed by atoms with Crippen LogP contribution in [0, 0.1) is 5.82 Å². The van der Waals surface area contributed by atoms with Crippen LogP contribution in [-0.2, 0) is 0 Å². The largest absolute Gasteiger partial charge is 0.355 e. The molecule has 0 atom stereocenters. The fraction of sp³-hybridized carbons (Fsp3) is 0.400. The molecule has 0 unspecified atom stereocenters. The summed E-state index contributed by atoms with van der Waals surface area (Å²) in [5, 5.41) is 0.953. The van der Waals surface area contributed by atoms with E-state index in [1.807, 2.05) is 12.1 Å². The lowest BCUT2D eigenvalue weighted by Gasteiger charge is -2.21. The minimum Gasteiger partial charge on any atom is -0.355 e. The molecule has 1 aliphatic rings. The van der Waals surface area contributed by atoms with Gasteiger partial charge in [-0.1, -0.05) is 0 Å². The molecule has 0 bridgehead atoms. The summed E-state index contributed by atoms with van der Waals surface area (Å²) in [5.41, 5.74) is 0.709. The molecule has 20 heavy (non-hydrogen) atoms. The van der Waals surface area contributed by atoms with Gasteiger partial charge < -0.3 is 9.80 Å². The van der Waals surface area contributed by atoms with E-state index in [-0.39, 0.29) is 5.82 Å². The van der Waals surface area contributed by atoms with Crippen LogP contribution in [0.15, 0.2) is 28.7 Å². The zero-order chi connectivity index (χ0) is 14.1. The first-order valence-electron chi connectivity index (χ1n) is 6.83. The van der Waals surface area contributed by atoms with Crippen LogP contribution in [0.4, 0.5) is 10.2 Å². The van der Waals surface area contributed by atoms with E-state index < -0.39 is 0 Å².